The highest BCUT2D eigenvalue weighted by Gasteiger charge is 2.32. The number of rotatable bonds is 6. The summed E-state index contributed by atoms with van der Waals surface area (Å²) in [5.41, 5.74) is 0. The Balaban J connectivity index is 2.00. The average Bonchev–Trinajstić information content (AvgIpc) is 2.96. The molecule has 122 valence electrons. The Labute approximate surface area is 131 Å². The molecule has 1 fully saturated rings. The summed E-state index contributed by atoms with van der Waals surface area (Å²) in [6.07, 6.45) is 1.54. The monoisotopic (exact) mass is 326 g/mol. The molecule has 1 heterocycles. The maximum Gasteiger partial charge on any atom is 0.317 e. The van der Waals surface area contributed by atoms with Crippen LogP contribution in [0.5, 0.6) is 0 Å². The van der Waals surface area contributed by atoms with Gasteiger partial charge in [0.15, 0.2) is 9.84 Å². The number of carbonyl (C=O) groups excluding carboxylic acids is 1. The maximum atomic E-state index is 12.4. The van der Waals surface area contributed by atoms with Crippen LogP contribution in [0.15, 0.2) is 35.2 Å². The molecule has 0 bridgehead atoms. The van der Waals surface area contributed by atoms with Crippen molar-refractivity contribution in [3.8, 4) is 0 Å². The van der Waals surface area contributed by atoms with Crippen molar-refractivity contribution in [3.05, 3.63) is 30.3 Å². The Morgan fingerprint density at radius 3 is 2.77 bits per heavy atom. The number of carbonyl (C=O) groups is 1. The van der Waals surface area contributed by atoms with E-state index in [1.54, 1.807) is 42.3 Å². The predicted molar refractivity (Wildman–Crippen MR) is 83.5 cm³/mol. The molecule has 1 aromatic carbocycles. The quantitative estimate of drug-likeness (QED) is 0.799. The van der Waals surface area contributed by atoms with Crippen LogP contribution in [0, 0.1) is 0 Å². The number of benzene rings is 1. The first-order valence-corrected chi connectivity index (χ1v) is 9.01. The third-order valence-corrected chi connectivity index (χ3v) is 5.55. The number of hydrogen-bond acceptors (Lipinski definition) is 4. The minimum absolute atomic E-state index is 0.0330. The molecule has 22 heavy (non-hydrogen) atoms. The van der Waals surface area contributed by atoms with Gasteiger partial charge in [-0.15, -0.1) is 0 Å². The van der Waals surface area contributed by atoms with Gasteiger partial charge >= 0.3 is 6.03 Å². The van der Waals surface area contributed by atoms with Gasteiger partial charge in [0.2, 0.25) is 0 Å². The van der Waals surface area contributed by atoms with Gasteiger partial charge in [-0.1, -0.05) is 18.2 Å². The number of hydrogen-bond donors (Lipinski definition) is 1. The number of sulfone groups is 1. The van der Waals surface area contributed by atoms with Crippen LogP contribution in [0.2, 0.25) is 0 Å². The molecule has 7 heteroatoms. The van der Waals surface area contributed by atoms with E-state index < -0.39 is 9.84 Å². The number of likely N-dealkylation sites (tertiary alicyclic amines) is 1. The Morgan fingerprint density at radius 1 is 1.36 bits per heavy atom. The molecule has 1 saturated heterocycles. The minimum Gasteiger partial charge on any atom is -0.383 e. The largest absolute Gasteiger partial charge is 0.383 e. The second-order valence-corrected chi connectivity index (χ2v) is 7.34. The normalized spacial score (nSPS) is 18.4. The highest BCUT2D eigenvalue weighted by Crippen LogP contribution is 2.22. The fourth-order valence-electron chi connectivity index (χ4n) is 2.62. The second-order valence-electron chi connectivity index (χ2n) is 5.31. The van der Waals surface area contributed by atoms with Crippen LogP contribution >= 0.6 is 0 Å². The molecule has 2 rings (SSSR count). The van der Waals surface area contributed by atoms with E-state index in [-0.39, 0.29) is 17.8 Å². The second kappa shape index (κ2) is 7.60. The zero-order valence-electron chi connectivity index (χ0n) is 12.7. The Hall–Kier alpha value is -1.60. The zero-order valence-corrected chi connectivity index (χ0v) is 13.5. The molecule has 1 aromatic rings. The smallest absolute Gasteiger partial charge is 0.317 e. The van der Waals surface area contributed by atoms with Crippen molar-refractivity contribution >= 4 is 15.9 Å². The third-order valence-electron chi connectivity index (χ3n) is 3.73. The molecule has 0 aromatic heterocycles. The standard InChI is InChI=1S/C15H22N2O4S/c1-21-11-9-16-15(18)17-10-5-6-13(17)12-22(19,20)14-7-3-2-4-8-14/h2-4,7-8,13H,5-6,9-12H2,1H3,(H,16,18)/t13-/m0/s1. The van der Waals surface area contributed by atoms with Crippen molar-refractivity contribution in [1.82, 2.24) is 10.2 Å². The third kappa shape index (κ3) is 4.20. The predicted octanol–water partition coefficient (Wildman–Crippen LogP) is 1.28. The molecule has 0 aliphatic carbocycles. The summed E-state index contributed by atoms with van der Waals surface area (Å²) in [5, 5.41) is 2.75. The Bertz CT molecular complexity index is 589. The van der Waals surface area contributed by atoms with Crippen LogP contribution in [0.4, 0.5) is 4.79 Å². The first-order chi connectivity index (χ1) is 10.5. The fraction of sp³-hybridized carbons (Fsp3) is 0.533. The Kier molecular flexibility index (Phi) is 5.79. The van der Waals surface area contributed by atoms with E-state index >= 15 is 0 Å². The van der Waals surface area contributed by atoms with E-state index in [2.05, 4.69) is 5.32 Å². The summed E-state index contributed by atoms with van der Waals surface area (Å²) in [4.78, 5) is 14.0. The molecule has 0 unspecified atom stereocenters. The van der Waals surface area contributed by atoms with Crippen molar-refractivity contribution < 1.29 is 17.9 Å². The molecule has 1 N–H and O–H groups in total. The first kappa shape index (κ1) is 16.8. The average molecular weight is 326 g/mol. The first-order valence-electron chi connectivity index (χ1n) is 7.36. The SMILES string of the molecule is COCCNC(=O)N1CCC[C@H]1CS(=O)(=O)c1ccccc1. The van der Waals surface area contributed by atoms with Gasteiger partial charge in [0, 0.05) is 26.2 Å². The highest BCUT2D eigenvalue weighted by atomic mass is 32.2. The van der Waals surface area contributed by atoms with E-state index in [0.717, 1.165) is 6.42 Å². The summed E-state index contributed by atoms with van der Waals surface area (Å²) < 4.78 is 29.8. The fourth-order valence-corrected chi connectivity index (χ4v) is 4.23. The molecule has 6 nitrogen and oxygen atoms in total. The van der Waals surface area contributed by atoms with Gasteiger partial charge in [0.05, 0.1) is 17.3 Å². The number of ether oxygens (including phenoxy) is 1. The van der Waals surface area contributed by atoms with Gasteiger partial charge in [-0.3, -0.25) is 0 Å². The number of methoxy groups -OCH3 is 1. The summed E-state index contributed by atoms with van der Waals surface area (Å²) in [7, 11) is -1.81. The van der Waals surface area contributed by atoms with E-state index in [9.17, 15) is 13.2 Å². The van der Waals surface area contributed by atoms with Crippen LogP contribution in [0.1, 0.15) is 12.8 Å². The number of nitrogens with one attached hydrogen (secondary N) is 1. The highest BCUT2D eigenvalue weighted by molar-refractivity contribution is 7.91. The lowest BCUT2D eigenvalue weighted by atomic mass is 10.2. The van der Waals surface area contributed by atoms with Gasteiger partial charge in [-0.05, 0) is 25.0 Å². The molecular weight excluding hydrogens is 304 g/mol. The van der Waals surface area contributed by atoms with Gasteiger partial charge in [0.1, 0.15) is 0 Å². The lowest BCUT2D eigenvalue weighted by molar-refractivity contribution is 0.178. The van der Waals surface area contributed by atoms with Crippen molar-refractivity contribution in [2.75, 3.05) is 32.6 Å². The van der Waals surface area contributed by atoms with Crippen molar-refractivity contribution in [2.24, 2.45) is 0 Å². The molecule has 1 aliphatic heterocycles. The molecule has 2 amide bonds. The lowest BCUT2D eigenvalue weighted by Gasteiger charge is -2.24. The van der Waals surface area contributed by atoms with Crippen LogP contribution in [-0.4, -0.2) is 57.9 Å². The summed E-state index contributed by atoms with van der Waals surface area (Å²) in [6.45, 7) is 1.45. The molecular formula is C15H22N2O4S. The number of amides is 2. The summed E-state index contributed by atoms with van der Waals surface area (Å²) in [5.74, 6) is -0.0330. The zero-order chi connectivity index (χ0) is 16.0. The molecule has 1 atom stereocenters. The van der Waals surface area contributed by atoms with E-state index in [1.165, 1.54) is 0 Å². The van der Waals surface area contributed by atoms with Gasteiger partial charge in [-0.25, -0.2) is 13.2 Å². The van der Waals surface area contributed by atoms with Crippen molar-refractivity contribution in [2.45, 2.75) is 23.8 Å². The Morgan fingerprint density at radius 2 is 2.09 bits per heavy atom. The number of urea groups is 1. The summed E-state index contributed by atoms with van der Waals surface area (Å²) >= 11 is 0. The van der Waals surface area contributed by atoms with Crippen LogP contribution in [-0.2, 0) is 14.6 Å². The summed E-state index contributed by atoms with van der Waals surface area (Å²) in [6, 6.07) is 7.88. The molecule has 1 aliphatic rings. The maximum absolute atomic E-state index is 12.4. The van der Waals surface area contributed by atoms with Crippen LogP contribution in [0.25, 0.3) is 0 Å². The van der Waals surface area contributed by atoms with Crippen molar-refractivity contribution in [1.29, 1.82) is 0 Å². The van der Waals surface area contributed by atoms with Gasteiger partial charge < -0.3 is 15.0 Å². The van der Waals surface area contributed by atoms with E-state index in [0.29, 0.717) is 31.0 Å². The van der Waals surface area contributed by atoms with Gasteiger partial charge in [0.25, 0.3) is 0 Å². The van der Waals surface area contributed by atoms with Crippen LogP contribution in [0.3, 0.4) is 0 Å². The molecule has 0 spiro atoms. The van der Waals surface area contributed by atoms with Crippen molar-refractivity contribution in [3.63, 3.8) is 0 Å². The molecule has 0 saturated carbocycles. The molecule has 0 radical (unpaired) electrons. The van der Waals surface area contributed by atoms with Crippen LogP contribution < -0.4 is 5.32 Å². The van der Waals surface area contributed by atoms with E-state index in [4.69, 9.17) is 4.74 Å². The lowest BCUT2D eigenvalue weighted by Crippen LogP contribution is -2.46. The van der Waals surface area contributed by atoms with Gasteiger partial charge in [-0.2, -0.15) is 0 Å². The minimum atomic E-state index is -3.38. The number of nitrogens with zero attached hydrogens (tertiary/aromatic N) is 1. The van der Waals surface area contributed by atoms with E-state index in [1.807, 2.05) is 0 Å². The topological polar surface area (TPSA) is 75.7 Å².